The summed E-state index contributed by atoms with van der Waals surface area (Å²) in [7, 11) is 0. The van der Waals surface area contributed by atoms with Gasteiger partial charge in [0, 0.05) is 11.7 Å². The molecule has 7 atom stereocenters. The Morgan fingerprint density at radius 1 is 1.07 bits per heavy atom. The van der Waals surface area contributed by atoms with Crippen molar-refractivity contribution in [1.29, 1.82) is 0 Å². The molecule has 0 saturated carbocycles. The number of aliphatic hydroxyl groups is 1. The first kappa shape index (κ1) is 31.0. The maximum Gasteiger partial charge on any atom is 0.246 e. The second-order valence-electron chi connectivity index (χ2n) is 12.2. The van der Waals surface area contributed by atoms with Gasteiger partial charge in [0.05, 0.1) is 36.7 Å². The van der Waals surface area contributed by atoms with Gasteiger partial charge in [0.1, 0.15) is 17.4 Å². The Kier molecular flexibility index (Phi) is 9.13. The smallest absolute Gasteiger partial charge is 0.246 e. The number of aliphatic hydroxyl groups excluding tert-OH is 1. The lowest BCUT2D eigenvalue weighted by molar-refractivity contribution is -0.150. The van der Waals surface area contributed by atoms with Gasteiger partial charge in [0.2, 0.25) is 17.7 Å². The van der Waals surface area contributed by atoms with Crippen molar-refractivity contribution < 1.29 is 29.0 Å². The number of carbonyl (C=O) groups is 3. The fourth-order valence-electron chi connectivity index (χ4n) is 7.73. The van der Waals surface area contributed by atoms with Gasteiger partial charge in [-0.3, -0.25) is 14.4 Å². The number of nitrogens with zero attached hydrogens (tertiary/aromatic N) is 1. The fraction of sp³-hybridized carbons (Fsp3) is 0.559. The van der Waals surface area contributed by atoms with Crippen LogP contribution in [0.15, 0.2) is 54.6 Å². The van der Waals surface area contributed by atoms with Gasteiger partial charge in [-0.15, -0.1) is 0 Å². The number of carbonyl (C=O) groups excluding carboxylic acids is 3. The monoisotopic (exact) mass is 591 g/mol. The predicted octanol–water partition coefficient (Wildman–Crippen LogP) is 4.09. The Labute approximate surface area is 254 Å². The average molecular weight is 592 g/mol. The van der Waals surface area contributed by atoms with E-state index in [4.69, 9.17) is 9.47 Å². The number of hydrogen-bond acceptors (Lipinski definition) is 6. The third-order valence-electron chi connectivity index (χ3n) is 9.61. The van der Waals surface area contributed by atoms with E-state index in [1.165, 1.54) is 0 Å². The first-order valence-electron chi connectivity index (χ1n) is 15.7. The number of nitrogens with one attached hydrogen (secondary N) is 2. The summed E-state index contributed by atoms with van der Waals surface area (Å²) >= 11 is 0. The molecule has 3 saturated heterocycles. The van der Waals surface area contributed by atoms with Gasteiger partial charge in [0.15, 0.2) is 0 Å². The molecule has 0 radical (unpaired) electrons. The predicted molar refractivity (Wildman–Crippen MR) is 163 cm³/mol. The average Bonchev–Trinajstić information content (AvgIpc) is 3.61. The van der Waals surface area contributed by atoms with Crippen LogP contribution in [0.25, 0.3) is 0 Å². The molecule has 1 spiro atoms. The molecule has 2 aromatic rings. The molecule has 3 heterocycles. The molecule has 43 heavy (non-hydrogen) atoms. The van der Waals surface area contributed by atoms with Gasteiger partial charge in [-0.25, -0.2) is 0 Å². The van der Waals surface area contributed by atoms with Crippen molar-refractivity contribution >= 4 is 23.4 Å². The molecule has 3 amide bonds. The Balaban J connectivity index is 1.52. The van der Waals surface area contributed by atoms with E-state index in [1.54, 1.807) is 29.2 Å². The van der Waals surface area contributed by atoms with E-state index >= 15 is 0 Å². The summed E-state index contributed by atoms with van der Waals surface area (Å²) < 4.78 is 12.4. The second kappa shape index (κ2) is 12.7. The largest absolute Gasteiger partial charge is 0.494 e. The summed E-state index contributed by atoms with van der Waals surface area (Å²) in [6.45, 7) is 8.12. The SMILES string of the molecule is CCCC(C)NC(=O)C1N([C@@H](CO)Cc2ccccc2)C(=O)[C@@H]2[C@@H](C(=O)Nc3ccc(OCC)cc3)[C@@]3(CC)CCC12O3. The molecule has 3 N–H and O–H groups in total. The van der Waals surface area contributed by atoms with Crippen molar-refractivity contribution in [2.24, 2.45) is 11.8 Å². The van der Waals surface area contributed by atoms with Gasteiger partial charge in [0.25, 0.3) is 0 Å². The summed E-state index contributed by atoms with van der Waals surface area (Å²) in [4.78, 5) is 44.4. The van der Waals surface area contributed by atoms with E-state index in [2.05, 4.69) is 17.6 Å². The van der Waals surface area contributed by atoms with Crippen molar-refractivity contribution in [3.63, 3.8) is 0 Å². The number of amides is 3. The summed E-state index contributed by atoms with van der Waals surface area (Å²) in [6.07, 6.45) is 3.67. The van der Waals surface area contributed by atoms with Gasteiger partial charge >= 0.3 is 0 Å². The van der Waals surface area contributed by atoms with Gasteiger partial charge in [-0.05, 0) is 75.8 Å². The summed E-state index contributed by atoms with van der Waals surface area (Å²) in [6, 6.07) is 15.1. The molecular formula is C34H45N3O6. The number of ether oxygens (including phenoxy) is 2. The molecule has 2 bridgehead atoms. The zero-order valence-electron chi connectivity index (χ0n) is 25.7. The number of likely N-dealkylation sites (tertiary alicyclic amines) is 1. The fourth-order valence-corrected chi connectivity index (χ4v) is 7.73. The van der Waals surface area contributed by atoms with Crippen LogP contribution in [0.2, 0.25) is 0 Å². The number of benzene rings is 2. The highest BCUT2D eigenvalue weighted by Gasteiger charge is 2.79. The standard InChI is InChI=1S/C34H45N3O6/c1-5-11-22(4)35-31(40)29-34-19-18-33(6-2,43-34)27(30(39)36-24-14-16-26(17-15-24)42-7-3)28(34)32(41)37(29)25(21-38)20-23-12-9-8-10-13-23/h8-10,12-17,22,25,27-29,38H,5-7,11,18-21H2,1-4H3,(H,35,40)(H,36,39)/t22?,25-,27+,28+,29?,33-,34?/m1/s1. The molecule has 2 aromatic carbocycles. The van der Waals surface area contributed by atoms with Crippen LogP contribution in [-0.4, -0.2) is 70.3 Å². The molecule has 3 fully saturated rings. The number of fused-ring (bicyclic) bond motifs is 1. The van der Waals surface area contributed by atoms with E-state index in [0.717, 1.165) is 18.4 Å². The van der Waals surface area contributed by atoms with E-state index < -0.39 is 35.1 Å². The van der Waals surface area contributed by atoms with E-state index in [9.17, 15) is 19.5 Å². The normalized spacial score (nSPS) is 28.8. The molecule has 9 heteroatoms. The van der Waals surface area contributed by atoms with E-state index in [1.807, 2.05) is 51.1 Å². The number of hydrogen-bond donors (Lipinski definition) is 3. The van der Waals surface area contributed by atoms with Gasteiger partial charge in [-0.2, -0.15) is 0 Å². The van der Waals surface area contributed by atoms with E-state index in [-0.39, 0.29) is 30.4 Å². The first-order chi connectivity index (χ1) is 20.7. The van der Waals surface area contributed by atoms with E-state index in [0.29, 0.717) is 43.7 Å². The summed E-state index contributed by atoms with van der Waals surface area (Å²) in [5.41, 5.74) is -0.473. The third kappa shape index (κ3) is 5.53. The Morgan fingerprint density at radius 2 is 1.79 bits per heavy atom. The molecule has 232 valence electrons. The van der Waals surface area contributed by atoms with Gasteiger partial charge < -0.3 is 30.1 Å². The maximum atomic E-state index is 14.6. The van der Waals surface area contributed by atoms with Crippen LogP contribution in [-0.2, 0) is 25.5 Å². The van der Waals surface area contributed by atoms with Crippen molar-refractivity contribution in [3.05, 3.63) is 60.2 Å². The summed E-state index contributed by atoms with van der Waals surface area (Å²) in [5.74, 6) is -1.81. The minimum absolute atomic E-state index is 0.0934. The summed E-state index contributed by atoms with van der Waals surface area (Å²) in [5, 5.41) is 16.8. The Hall–Kier alpha value is -3.43. The van der Waals surface area contributed by atoms with Gasteiger partial charge in [-0.1, -0.05) is 50.6 Å². The lowest BCUT2D eigenvalue weighted by Gasteiger charge is -2.38. The zero-order valence-corrected chi connectivity index (χ0v) is 25.7. The first-order valence-corrected chi connectivity index (χ1v) is 15.7. The Morgan fingerprint density at radius 3 is 2.42 bits per heavy atom. The molecule has 5 rings (SSSR count). The molecule has 3 unspecified atom stereocenters. The quantitative estimate of drug-likeness (QED) is 0.323. The minimum Gasteiger partial charge on any atom is -0.494 e. The van der Waals surface area contributed by atoms with Crippen molar-refractivity contribution in [3.8, 4) is 5.75 Å². The van der Waals surface area contributed by atoms with Crippen LogP contribution in [0.1, 0.15) is 65.4 Å². The van der Waals surface area contributed by atoms with Crippen molar-refractivity contribution in [2.75, 3.05) is 18.5 Å². The zero-order chi connectivity index (χ0) is 30.8. The maximum absolute atomic E-state index is 14.6. The molecular weight excluding hydrogens is 546 g/mol. The van der Waals surface area contributed by atoms with Crippen molar-refractivity contribution in [1.82, 2.24) is 10.2 Å². The molecule has 3 aliphatic heterocycles. The molecule has 0 aromatic heterocycles. The molecule has 3 aliphatic rings. The highest BCUT2D eigenvalue weighted by atomic mass is 16.5. The highest BCUT2D eigenvalue weighted by molar-refractivity contribution is 6.02. The van der Waals surface area contributed by atoms with Crippen LogP contribution < -0.4 is 15.4 Å². The lowest BCUT2D eigenvalue weighted by atomic mass is 9.65. The molecule has 0 aliphatic carbocycles. The topological polar surface area (TPSA) is 117 Å². The number of rotatable bonds is 13. The van der Waals surface area contributed by atoms with Crippen LogP contribution >= 0.6 is 0 Å². The van der Waals surface area contributed by atoms with Crippen LogP contribution in [0, 0.1) is 11.8 Å². The Bertz CT molecular complexity index is 1300. The minimum atomic E-state index is -1.16. The third-order valence-corrected chi connectivity index (χ3v) is 9.61. The van der Waals surface area contributed by atoms with Crippen molar-refractivity contribution in [2.45, 2.75) is 95.5 Å². The second-order valence-corrected chi connectivity index (χ2v) is 12.2. The highest BCUT2D eigenvalue weighted by Crippen LogP contribution is 2.64. The van der Waals surface area contributed by atoms with Crippen LogP contribution in [0.5, 0.6) is 5.75 Å². The van der Waals surface area contributed by atoms with Crippen LogP contribution in [0.4, 0.5) is 5.69 Å². The number of anilines is 1. The lowest BCUT2D eigenvalue weighted by Crippen LogP contribution is -2.59. The van der Waals surface area contributed by atoms with Crippen LogP contribution in [0.3, 0.4) is 0 Å². The molecule has 9 nitrogen and oxygen atoms in total.